The molecule has 0 spiro atoms. The van der Waals surface area contributed by atoms with Crippen LogP contribution in [0.3, 0.4) is 0 Å². The summed E-state index contributed by atoms with van der Waals surface area (Å²) in [6.45, 7) is 4.94. The van der Waals surface area contributed by atoms with Crippen molar-refractivity contribution < 1.29 is 4.79 Å². The maximum atomic E-state index is 12.3. The van der Waals surface area contributed by atoms with E-state index in [4.69, 9.17) is 0 Å². The zero-order valence-electron chi connectivity index (χ0n) is 11.8. The van der Waals surface area contributed by atoms with Crippen LogP contribution < -0.4 is 0 Å². The average Bonchev–Trinajstić information content (AvgIpc) is 2.53. The van der Waals surface area contributed by atoms with Crippen molar-refractivity contribution in [2.75, 3.05) is 26.2 Å². The maximum Gasteiger partial charge on any atom is 0.272 e. The molecule has 2 heterocycles. The van der Waals surface area contributed by atoms with Crippen LogP contribution in [0, 0.1) is 11.3 Å². The first-order chi connectivity index (χ1) is 9.76. The fraction of sp³-hybridized carbons (Fsp3) is 0.533. The topological polar surface area (TPSA) is 60.2 Å². The van der Waals surface area contributed by atoms with Gasteiger partial charge in [-0.25, -0.2) is 0 Å². The van der Waals surface area contributed by atoms with Crippen LogP contribution in [0.1, 0.15) is 30.3 Å². The summed E-state index contributed by atoms with van der Waals surface area (Å²) >= 11 is 0. The molecule has 1 atom stereocenters. The second-order valence-electron chi connectivity index (χ2n) is 4.98. The number of rotatable bonds is 4. The van der Waals surface area contributed by atoms with Gasteiger partial charge in [-0.05, 0) is 18.6 Å². The lowest BCUT2D eigenvalue weighted by Crippen LogP contribution is -2.51. The van der Waals surface area contributed by atoms with Crippen molar-refractivity contribution in [3.63, 3.8) is 0 Å². The highest BCUT2D eigenvalue weighted by Crippen LogP contribution is 2.12. The van der Waals surface area contributed by atoms with E-state index in [0.29, 0.717) is 18.8 Å². The predicted molar refractivity (Wildman–Crippen MR) is 76.0 cm³/mol. The minimum atomic E-state index is -0.0212. The van der Waals surface area contributed by atoms with Gasteiger partial charge in [0.1, 0.15) is 5.69 Å². The van der Waals surface area contributed by atoms with Gasteiger partial charge in [0.25, 0.3) is 5.91 Å². The van der Waals surface area contributed by atoms with Crippen LogP contribution >= 0.6 is 0 Å². The summed E-state index contributed by atoms with van der Waals surface area (Å²) in [4.78, 5) is 20.3. The molecule has 0 N–H and O–H groups in total. The highest BCUT2D eigenvalue weighted by molar-refractivity contribution is 5.92. The molecule has 1 unspecified atom stereocenters. The second-order valence-corrected chi connectivity index (χ2v) is 4.98. The molecule has 1 aromatic rings. The molecule has 2 rings (SSSR count). The van der Waals surface area contributed by atoms with Crippen molar-refractivity contribution in [1.29, 1.82) is 5.26 Å². The minimum Gasteiger partial charge on any atom is -0.335 e. The lowest BCUT2D eigenvalue weighted by Gasteiger charge is -2.36. The molecule has 0 radical (unpaired) electrons. The van der Waals surface area contributed by atoms with E-state index in [1.165, 1.54) is 0 Å². The highest BCUT2D eigenvalue weighted by Gasteiger charge is 2.26. The quantitative estimate of drug-likeness (QED) is 0.834. The number of hydrogen-bond acceptors (Lipinski definition) is 4. The number of nitriles is 1. The molecular weight excluding hydrogens is 252 g/mol. The molecule has 106 valence electrons. The van der Waals surface area contributed by atoms with Gasteiger partial charge in [0.15, 0.2) is 0 Å². The minimum absolute atomic E-state index is 0.0192. The normalized spacial score (nSPS) is 17.5. The summed E-state index contributed by atoms with van der Waals surface area (Å²) < 4.78 is 0. The molecule has 1 aromatic heterocycles. The molecule has 0 aliphatic carbocycles. The molecule has 1 saturated heterocycles. The first-order valence-corrected chi connectivity index (χ1v) is 7.10. The molecule has 5 heteroatoms. The van der Waals surface area contributed by atoms with Gasteiger partial charge < -0.3 is 4.90 Å². The van der Waals surface area contributed by atoms with Crippen LogP contribution in [-0.4, -0.2) is 52.9 Å². The lowest BCUT2D eigenvalue weighted by molar-refractivity contribution is 0.0595. The molecule has 0 bridgehead atoms. The van der Waals surface area contributed by atoms with E-state index < -0.39 is 0 Å². The van der Waals surface area contributed by atoms with E-state index in [9.17, 15) is 10.1 Å². The zero-order valence-corrected chi connectivity index (χ0v) is 11.8. The number of aromatic nitrogens is 1. The summed E-state index contributed by atoms with van der Waals surface area (Å²) in [5, 5.41) is 9.18. The fourth-order valence-corrected chi connectivity index (χ4v) is 2.49. The van der Waals surface area contributed by atoms with E-state index in [1.807, 2.05) is 11.0 Å². The molecule has 1 amide bonds. The lowest BCUT2D eigenvalue weighted by atomic mass is 10.1. The van der Waals surface area contributed by atoms with E-state index in [1.54, 1.807) is 18.3 Å². The Morgan fingerprint density at radius 3 is 2.70 bits per heavy atom. The van der Waals surface area contributed by atoms with Crippen LogP contribution in [0.25, 0.3) is 0 Å². The fourth-order valence-electron chi connectivity index (χ4n) is 2.49. The van der Waals surface area contributed by atoms with E-state index >= 15 is 0 Å². The van der Waals surface area contributed by atoms with Crippen molar-refractivity contribution in [3.05, 3.63) is 30.1 Å². The molecule has 1 aliphatic rings. The number of hydrogen-bond donors (Lipinski definition) is 0. The van der Waals surface area contributed by atoms with Crippen LogP contribution in [0.15, 0.2) is 24.4 Å². The van der Waals surface area contributed by atoms with Crippen molar-refractivity contribution >= 4 is 5.91 Å². The molecule has 5 nitrogen and oxygen atoms in total. The maximum absolute atomic E-state index is 12.3. The zero-order chi connectivity index (χ0) is 14.4. The third kappa shape index (κ3) is 3.34. The van der Waals surface area contributed by atoms with Crippen LogP contribution in [0.5, 0.6) is 0 Å². The average molecular weight is 272 g/mol. The molecular formula is C15H20N4O. The van der Waals surface area contributed by atoms with Crippen LogP contribution in [0.2, 0.25) is 0 Å². The first-order valence-electron chi connectivity index (χ1n) is 7.10. The van der Waals surface area contributed by atoms with Crippen molar-refractivity contribution in [2.45, 2.75) is 25.8 Å². The van der Waals surface area contributed by atoms with Gasteiger partial charge in [-0.2, -0.15) is 5.26 Å². The van der Waals surface area contributed by atoms with Gasteiger partial charge in [0.05, 0.1) is 12.1 Å². The molecule has 1 aliphatic heterocycles. The number of carbonyl (C=O) groups is 1. The van der Waals surface area contributed by atoms with Crippen molar-refractivity contribution in [1.82, 2.24) is 14.8 Å². The summed E-state index contributed by atoms with van der Waals surface area (Å²) in [5.41, 5.74) is 0.492. The molecule has 20 heavy (non-hydrogen) atoms. The van der Waals surface area contributed by atoms with Gasteiger partial charge in [-0.3, -0.25) is 14.7 Å². The molecule has 1 fully saturated rings. The van der Waals surface area contributed by atoms with E-state index in [0.717, 1.165) is 25.9 Å². The SMILES string of the molecule is CCCC(C#N)N1CCN(C(=O)c2ccccn2)CC1. The number of carbonyl (C=O) groups excluding carboxylic acids is 1. The van der Waals surface area contributed by atoms with E-state index in [2.05, 4.69) is 22.9 Å². The number of pyridine rings is 1. The Balaban J connectivity index is 1.91. The Labute approximate surface area is 119 Å². The Morgan fingerprint density at radius 2 is 2.15 bits per heavy atom. The van der Waals surface area contributed by atoms with Crippen molar-refractivity contribution in [3.8, 4) is 6.07 Å². The Bertz CT molecular complexity index is 474. The number of amides is 1. The summed E-state index contributed by atoms with van der Waals surface area (Å²) in [7, 11) is 0. The standard InChI is InChI=1S/C15H20N4O/c1-2-5-13(12-16)18-8-10-19(11-9-18)15(20)14-6-3-4-7-17-14/h3-4,6-7,13H,2,5,8-11H2,1H3. The summed E-state index contributed by atoms with van der Waals surface area (Å²) in [6.07, 6.45) is 3.53. The summed E-state index contributed by atoms with van der Waals surface area (Å²) in [5.74, 6) is -0.0192. The largest absolute Gasteiger partial charge is 0.335 e. The number of piperazine rings is 1. The summed E-state index contributed by atoms with van der Waals surface area (Å²) in [6, 6.07) is 7.70. The second kappa shape index (κ2) is 7.01. The Morgan fingerprint density at radius 1 is 1.40 bits per heavy atom. The van der Waals surface area contributed by atoms with Gasteiger partial charge in [0, 0.05) is 32.4 Å². The molecule has 0 aromatic carbocycles. The van der Waals surface area contributed by atoms with E-state index in [-0.39, 0.29) is 11.9 Å². The van der Waals surface area contributed by atoms with Gasteiger partial charge in [-0.1, -0.05) is 19.4 Å². The number of nitrogens with zero attached hydrogens (tertiary/aromatic N) is 4. The van der Waals surface area contributed by atoms with Gasteiger partial charge in [-0.15, -0.1) is 0 Å². The highest BCUT2D eigenvalue weighted by atomic mass is 16.2. The Hall–Kier alpha value is -1.93. The van der Waals surface area contributed by atoms with Crippen molar-refractivity contribution in [2.24, 2.45) is 0 Å². The predicted octanol–water partition coefficient (Wildman–Crippen LogP) is 1.53. The third-order valence-electron chi connectivity index (χ3n) is 3.64. The monoisotopic (exact) mass is 272 g/mol. The third-order valence-corrected chi connectivity index (χ3v) is 3.64. The van der Waals surface area contributed by atoms with Gasteiger partial charge in [0.2, 0.25) is 0 Å². The van der Waals surface area contributed by atoms with Crippen LogP contribution in [-0.2, 0) is 0 Å². The first kappa shape index (κ1) is 14.5. The van der Waals surface area contributed by atoms with Gasteiger partial charge >= 0.3 is 0 Å². The molecule has 0 saturated carbocycles. The van der Waals surface area contributed by atoms with Crippen LogP contribution in [0.4, 0.5) is 0 Å². The smallest absolute Gasteiger partial charge is 0.272 e. The Kier molecular flexibility index (Phi) is 5.08.